The number of aryl methyl sites for hydroxylation is 1. The van der Waals surface area contributed by atoms with Crippen LogP contribution in [0.1, 0.15) is 39.3 Å². The van der Waals surface area contributed by atoms with Crippen LogP contribution in [0.2, 0.25) is 0 Å². The number of phenolic OH excluding ortho intramolecular Hbond substituents is 5. The molecule has 0 saturated carbocycles. The summed E-state index contributed by atoms with van der Waals surface area (Å²) in [6.07, 6.45) is 0.858. The first-order valence-electron chi connectivity index (χ1n) is 8.71. The van der Waals surface area contributed by atoms with Crippen LogP contribution < -0.4 is 0 Å². The molecule has 1 unspecified atom stereocenters. The maximum atomic E-state index is 10.5. The van der Waals surface area contributed by atoms with E-state index in [1.165, 1.54) is 12.1 Å². The molecular formula is C22H20O5. The Morgan fingerprint density at radius 1 is 0.815 bits per heavy atom. The molecule has 0 bridgehead atoms. The highest BCUT2D eigenvalue weighted by Gasteiger charge is 2.31. The van der Waals surface area contributed by atoms with E-state index in [1.807, 2.05) is 13.0 Å². The van der Waals surface area contributed by atoms with Gasteiger partial charge in [-0.2, -0.15) is 0 Å². The molecule has 27 heavy (non-hydrogen) atoms. The van der Waals surface area contributed by atoms with Crippen molar-refractivity contribution in [2.24, 2.45) is 0 Å². The molecule has 0 amide bonds. The van der Waals surface area contributed by atoms with Gasteiger partial charge in [0, 0.05) is 35.6 Å². The molecule has 0 saturated heterocycles. The summed E-state index contributed by atoms with van der Waals surface area (Å²) in [6.45, 7) is 1.90. The number of hydrogen-bond acceptors (Lipinski definition) is 5. The van der Waals surface area contributed by atoms with Gasteiger partial charge in [-0.1, -0.05) is 6.07 Å². The average molecular weight is 364 g/mol. The van der Waals surface area contributed by atoms with Gasteiger partial charge in [0.1, 0.15) is 28.7 Å². The Balaban J connectivity index is 1.92. The maximum Gasteiger partial charge on any atom is 0.123 e. The first kappa shape index (κ1) is 17.1. The summed E-state index contributed by atoms with van der Waals surface area (Å²) in [5, 5.41) is 50.5. The molecule has 4 rings (SSSR count). The Morgan fingerprint density at radius 3 is 2.26 bits per heavy atom. The minimum atomic E-state index is -0.314. The van der Waals surface area contributed by atoms with Gasteiger partial charge in [-0.25, -0.2) is 0 Å². The number of hydrogen-bond donors (Lipinski definition) is 5. The van der Waals surface area contributed by atoms with Crippen molar-refractivity contribution in [3.8, 4) is 28.7 Å². The molecule has 3 aromatic carbocycles. The van der Waals surface area contributed by atoms with Crippen molar-refractivity contribution in [3.05, 3.63) is 75.8 Å². The Morgan fingerprint density at radius 2 is 1.52 bits per heavy atom. The lowest BCUT2D eigenvalue weighted by Crippen LogP contribution is -2.17. The van der Waals surface area contributed by atoms with Crippen LogP contribution in [0.4, 0.5) is 0 Å². The molecule has 5 nitrogen and oxygen atoms in total. The third-order valence-electron chi connectivity index (χ3n) is 5.32. The van der Waals surface area contributed by atoms with E-state index in [9.17, 15) is 25.5 Å². The predicted octanol–water partition coefficient (Wildman–Crippen LogP) is 3.80. The number of benzene rings is 3. The zero-order chi connectivity index (χ0) is 19.3. The molecule has 1 aliphatic rings. The fourth-order valence-electron chi connectivity index (χ4n) is 4.08. The average Bonchev–Trinajstić information content (AvgIpc) is 2.57. The minimum Gasteiger partial charge on any atom is -0.508 e. The van der Waals surface area contributed by atoms with Gasteiger partial charge >= 0.3 is 0 Å². The van der Waals surface area contributed by atoms with Crippen LogP contribution in [-0.2, 0) is 12.8 Å². The Kier molecular flexibility index (Phi) is 3.88. The number of aromatic hydroxyl groups is 5. The first-order chi connectivity index (χ1) is 12.8. The molecule has 5 heteroatoms. The molecule has 0 fully saturated rings. The van der Waals surface area contributed by atoms with Crippen molar-refractivity contribution >= 4 is 0 Å². The molecule has 0 aromatic heterocycles. The monoisotopic (exact) mass is 364 g/mol. The second-order valence-corrected chi connectivity index (χ2v) is 7.11. The van der Waals surface area contributed by atoms with E-state index in [1.54, 1.807) is 24.3 Å². The second-order valence-electron chi connectivity index (χ2n) is 7.11. The lowest BCUT2D eigenvalue weighted by atomic mass is 9.74. The van der Waals surface area contributed by atoms with Gasteiger partial charge in [0.15, 0.2) is 0 Å². The van der Waals surface area contributed by atoms with Crippen LogP contribution >= 0.6 is 0 Å². The van der Waals surface area contributed by atoms with Gasteiger partial charge in [-0.3, -0.25) is 0 Å². The lowest BCUT2D eigenvalue weighted by Gasteiger charge is -2.30. The number of rotatable bonds is 2. The van der Waals surface area contributed by atoms with Crippen LogP contribution in [0.5, 0.6) is 28.7 Å². The highest BCUT2D eigenvalue weighted by molar-refractivity contribution is 5.61. The van der Waals surface area contributed by atoms with E-state index in [0.29, 0.717) is 24.0 Å². The van der Waals surface area contributed by atoms with Crippen LogP contribution in [0.25, 0.3) is 0 Å². The van der Waals surface area contributed by atoms with Gasteiger partial charge < -0.3 is 25.5 Å². The standard InChI is InChI=1S/C22H20O5/c1-11-4-14(23)3-2-12(11)6-19-17-8-16(25)9-20(26)18(17)7-13-5-15(24)10-21(27)22(13)19/h2-5,8-10,19,23-27H,6-7H2,1H3. The summed E-state index contributed by atoms with van der Waals surface area (Å²) in [4.78, 5) is 0. The van der Waals surface area contributed by atoms with Crippen LogP contribution in [0.3, 0.4) is 0 Å². The van der Waals surface area contributed by atoms with Crippen molar-refractivity contribution in [1.82, 2.24) is 0 Å². The van der Waals surface area contributed by atoms with Crippen molar-refractivity contribution in [3.63, 3.8) is 0 Å². The third-order valence-corrected chi connectivity index (χ3v) is 5.32. The molecule has 3 aromatic rings. The smallest absolute Gasteiger partial charge is 0.123 e. The van der Waals surface area contributed by atoms with E-state index in [-0.39, 0.29) is 34.7 Å². The molecule has 138 valence electrons. The van der Waals surface area contributed by atoms with Gasteiger partial charge in [0.2, 0.25) is 0 Å². The molecular weight excluding hydrogens is 344 g/mol. The van der Waals surface area contributed by atoms with E-state index in [0.717, 1.165) is 22.3 Å². The number of fused-ring (bicyclic) bond motifs is 2. The Hall–Kier alpha value is -3.34. The summed E-state index contributed by atoms with van der Waals surface area (Å²) in [5.41, 5.74) is 4.72. The molecule has 0 spiro atoms. The van der Waals surface area contributed by atoms with Crippen molar-refractivity contribution in [2.75, 3.05) is 0 Å². The largest absolute Gasteiger partial charge is 0.508 e. The molecule has 0 aliphatic heterocycles. The van der Waals surface area contributed by atoms with E-state index in [4.69, 9.17) is 0 Å². The van der Waals surface area contributed by atoms with E-state index in [2.05, 4.69) is 0 Å². The Labute approximate surface area is 156 Å². The maximum absolute atomic E-state index is 10.5. The normalized spacial score (nSPS) is 15.2. The zero-order valence-electron chi connectivity index (χ0n) is 14.8. The summed E-state index contributed by atoms with van der Waals surface area (Å²) in [6, 6.07) is 10.9. The SMILES string of the molecule is Cc1cc(O)ccc1CC1c2cc(O)cc(O)c2Cc2cc(O)cc(O)c21. The Bertz CT molecular complexity index is 1060. The van der Waals surface area contributed by atoms with Gasteiger partial charge in [0.05, 0.1) is 0 Å². The lowest BCUT2D eigenvalue weighted by molar-refractivity contribution is 0.432. The van der Waals surface area contributed by atoms with Crippen molar-refractivity contribution in [1.29, 1.82) is 0 Å². The zero-order valence-corrected chi connectivity index (χ0v) is 14.8. The van der Waals surface area contributed by atoms with Gasteiger partial charge in [-0.15, -0.1) is 0 Å². The first-order valence-corrected chi connectivity index (χ1v) is 8.71. The summed E-state index contributed by atoms with van der Waals surface area (Å²) in [5.74, 6) is -0.229. The molecule has 0 heterocycles. The van der Waals surface area contributed by atoms with Gasteiger partial charge in [-0.05, 0) is 59.9 Å². The molecule has 1 aliphatic carbocycles. The summed E-state index contributed by atoms with van der Waals surface area (Å²) < 4.78 is 0. The predicted molar refractivity (Wildman–Crippen MR) is 101 cm³/mol. The fraction of sp³-hybridized carbons (Fsp3) is 0.182. The highest BCUT2D eigenvalue weighted by Crippen LogP contribution is 2.47. The quantitative estimate of drug-likeness (QED) is 0.476. The molecule has 0 radical (unpaired) electrons. The summed E-state index contributed by atoms with van der Waals surface area (Å²) >= 11 is 0. The topological polar surface area (TPSA) is 101 Å². The molecule has 5 N–H and O–H groups in total. The minimum absolute atomic E-state index is 0.00842. The van der Waals surface area contributed by atoms with Crippen LogP contribution in [0.15, 0.2) is 42.5 Å². The highest BCUT2D eigenvalue weighted by atomic mass is 16.3. The van der Waals surface area contributed by atoms with Crippen molar-refractivity contribution in [2.45, 2.75) is 25.7 Å². The van der Waals surface area contributed by atoms with Crippen LogP contribution in [-0.4, -0.2) is 25.5 Å². The van der Waals surface area contributed by atoms with E-state index < -0.39 is 0 Å². The number of phenols is 5. The van der Waals surface area contributed by atoms with Crippen LogP contribution in [0, 0.1) is 6.92 Å². The summed E-state index contributed by atoms with van der Waals surface area (Å²) in [7, 11) is 0. The van der Waals surface area contributed by atoms with Crippen molar-refractivity contribution < 1.29 is 25.5 Å². The van der Waals surface area contributed by atoms with E-state index >= 15 is 0 Å². The second kappa shape index (κ2) is 6.13. The van der Waals surface area contributed by atoms with Gasteiger partial charge in [0.25, 0.3) is 0 Å². The fourth-order valence-corrected chi connectivity index (χ4v) is 4.08. The third kappa shape index (κ3) is 2.91. The molecule has 1 atom stereocenters.